The summed E-state index contributed by atoms with van der Waals surface area (Å²) >= 11 is 13.4. The Morgan fingerprint density at radius 1 is 1.16 bits per heavy atom. The first kappa shape index (κ1) is 21.4. The normalized spacial score (nSPS) is 10.8. The summed E-state index contributed by atoms with van der Waals surface area (Å²) in [5, 5.41) is 10.1. The molecule has 0 atom stereocenters. The lowest BCUT2D eigenvalue weighted by Crippen LogP contribution is -2.09. The molecule has 0 aliphatic carbocycles. The predicted octanol–water partition coefficient (Wildman–Crippen LogP) is 6.27. The number of ether oxygens (including phenoxy) is 1. The largest absolute Gasteiger partial charge is 0.489 e. The maximum Gasteiger partial charge on any atom is 0.265 e. The van der Waals surface area contributed by atoms with E-state index in [4.69, 9.17) is 27.9 Å². The van der Waals surface area contributed by atoms with Crippen molar-refractivity contribution in [2.45, 2.75) is 13.2 Å². The molecule has 31 heavy (non-hydrogen) atoms. The number of aromatic nitrogens is 2. The standard InChI is InChI=1S/C22H16Cl2FN3O2S/c23-16-2-1-15(20(24)8-16)10-28-11-18(9-26-28)27-22(29)21-7-14(13-31-21)12-30-19-5-3-17(25)4-6-19/h1-9,11,13H,10,12H2,(H,27,29). The van der Waals surface area contributed by atoms with Crippen LogP contribution in [0.3, 0.4) is 0 Å². The maximum atomic E-state index is 12.9. The van der Waals surface area contributed by atoms with Gasteiger partial charge in [-0.15, -0.1) is 11.3 Å². The van der Waals surface area contributed by atoms with Gasteiger partial charge in [0.05, 0.1) is 23.3 Å². The van der Waals surface area contributed by atoms with Gasteiger partial charge >= 0.3 is 0 Å². The van der Waals surface area contributed by atoms with E-state index < -0.39 is 0 Å². The van der Waals surface area contributed by atoms with Crippen molar-refractivity contribution >= 4 is 46.1 Å². The Morgan fingerprint density at radius 2 is 1.97 bits per heavy atom. The van der Waals surface area contributed by atoms with Gasteiger partial charge < -0.3 is 10.1 Å². The van der Waals surface area contributed by atoms with Crippen LogP contribution in [0.4, 0.5) is 10.1 Å². The molecule has 0 fully saturated rings. The van der Waals surface area contributed by atoms with Crippen LogP contribution in [0, 0.1) is 5.82 Å². The van der Waals surface area contributed by atoms with E-state index >= 15 is 0 Å². The molecule has 0 saturated heterocycles. The van der Waals surface area contributed by atoms with Crippen molar-refractivity contribution in [3.05, 3.63) is 98.2 Å². The summed E-state index contributed by atoms with van der Waals surface area (Å²) in [4.78, 5) is 13.1. The molecule has 158 valence electrons. The van der Waals surface area contributed by atoms with Gasteiger partial charge in [-0.05, 0) is 53.4 Å². The van der Waals surface area contributed by atoms with Gasteiger partial charge in [-0.1, -0.05) is 29.3 Å². The highest BCUT2D eigenvalue weighted by molar-refractivity contribution is 7.12. The summed E-state index contributed by atoms with van der Waals surface area (Å²) < 4.78 is 20.2. The zero-order valence-electron chi connectivity index (χ0n) is 16.0. The van der Waals surface area contributed by atoms with Crippen molar-refractivity contribution in [3.63, 3.8) is 0 Å². The van der Waals surface area contributed by atoms with E-state index in [-0.39, 0.29) is 18.3 Å². The number of rotatable bonds is 7. The van der Waals surface area contributed by atoms with E-state index in [2.05, 4.69) is 10.4 Å². The van der Waals surface area contributed by atoms with Crippen LogP contribution < -0.4 is 10.1 Å². The Kier molecular flexibility index (Phi) is 6.56. The zero-order chi connectivity index (χ0) is 21.8. The van der Waals surface area contributed by atoms with Gasteiger partial charge in [0.15, 0.2) is 0 Å². The second-order valence-electron chi connectivity index (χ2n) is 6.68. The summed E-state index contributed by atoms with van der Waals surface area (Å²) in [6.45, 7) is 0.741. The van der Waals surface area contributed by atoms with E-state index in [1.807, 2.05) is 11.4 Å². The van der Waals surface area contributed by atoms with Gasteiger partial charge in [0.1, 0.15) is 18.2 Å². The van der Waals surface area contributed by atoms with Gasteiger partial charge in [0.25, 0.3) is 5.91 Å². The monoisotopic (exact) mass is 475 g/mol. The average molecular weight is 476 g/mol. The number of benzene rings is 2. The fraction of sp³-hybridized carbons (Fsp3) is 0.0909. The first-order valence-corrected chi connectivity index (χ1v) is 10.8. The van der Waals surface area contributed by atoms with Crippen LogP contribution in [0.5, 0.6) is 5.75 Å². The van der Waals surface area contributed by atoms with Crippen molar-refractivity contribution in [1.82, 2.24) is 9.78 Å². The number of carbonyl (C=O) groups excluding carboxylic acids is 1. The maximum absolute atomic E-state index is 12.9. The highest BCUT2D eigenvalue weighted by Gasteiger charge is 2.12. The molecule has 1 amide bonds. The average Bonchev–Trinajstić information content (AvgIpc) is 3.39. The molecule has 0 bridgehead atoms. The number of nitrogens with one attached hydrogen (secondary N) is 1. The number of anilines is 1. The third-order valence-corrected chi connectivity index (χ3v) is 5.90. The summed E-state index contributed by atoms with van der Waals surface area (Å²) in [6, 6.07) is 12.8. The van der Waals surface area contributed by atoms with Crippen LogP contribution in [-0.4, -0.2) is 15.7 Å². The SMILES string of the molecule is O=C(Nc1cnn(Cc2ccc(Cl)cc2Cl)c1)c1cc(COc2ccc(F)cc2)cs1. The van der Waals surface area contributed by atoms with Crippen molar-refractivity contribution in [3.8, 4) is 5.75 Å². The fourth-order valence-electron chi connectivity index (χ4n) is 2.80. The smallest absolute Gasteiger partial charge is 0.265 e. The molecule has 4 aromatic rings. The van der Waals surface area contributed by atoms with Gasteiger partial charge in [0, 0.05) is 21.8 Å². The Labute approximate surface area is 192 Å². The molecule has 4 rings (SSSR count). The number of amides is 1. The van der Waals surface area contributed by atoms with E-state index in [9.17, 15) is 9.18 Å². The number of hydrogen-bond donors (Lipinski definition) is 1. The van der Waals surface area contributed by atoms with Gasteiger partial charge in [0.2, 0.25) is 0 Å². The van der Waals surface area contributed by atoms with E-state index in [1.165, 1.54) is 23.5 Å². The molecule has 2 aromatic heterocycles. The molecule has 2 heterocycles. The number of halogens is 3. The van der Waals surface area contributed by atoms with Crippen LogP contribution in [0.15, 0.2) is 66.3 Å². The predicted molar refractivity (Wildman–Crippen MR) is 121 cm³/mol. The topological polar surface area (TPSA) is 56.2 Å². The van der Waals surface area contributed by atoms with Crippen LogP contribution in [0.1, 0.15) is 20.8 Å². The molecule has 0 unspecified atom stereocenters. The van der Waals surface area contributed by atoms with Crippen LogP contribution in [-0.2, 0) is 13.2 Å². The second kappa shape index (κ2) is 9.51. The number of hydrogen-bond acceptors (Lipinski definition) is 4. The Bertz CT molecular complexity index is 1210. The van der Waals surface area contributed by atoms with Crippen molar-refractivity contribution < 1.29 is 13.9 Å². The Hall–Kier alpha value is -2.87. The van der Waals surface area contributed by atoms with Crippen molar-refractivity contribution in [2.75, 3.05) is 5.32 Å². The highest BCUT2D eigenvalue weighted by Crippen LogP contribution is 2.23. The molecule has 9 heteroatoms. The number of nitrogens with zero attached hydrogens (tertiary/aromatic N) is 2. The van der Waals surface area contributed by atoms with Gasteiger partial charge in [-0.2, -0.15) is 5.10 Å². The first-order chi connectivity index (χ1) is 15.0. The lowest BCUT2D eigenvalue weighted by atomic mass is 10.2. The lowest BCUT2D eigenvalue weighted by molar-refractivity contribution is 0.103. The molecule has 0 radical (unpaired) electrons. The van der Waals surface area contributed by atoms with Gasteiger partial charge in [-0.25, -0.2) is 4.39 Å². The second-order valence-corrected chi connectivity index (χ2v) is 8.43. The third kappa shape index (κ3) is 5.64. The molecular formula is C22H16Cl2FN3O2S. The molecule has 0 aliphatic heterocycles. The summed E-state index contributed by atoms with van der Waals surface area (Å²) in [7, 11) is 0. The molecule has 0 saturated carbocycles. The van der Waals surface area contributed by atoms with Crippen LogP contribution >= 0.6 is 34.5 Å². The minimum Gasteiger partial charge on any atom is -0.489 e. The van der Waals surface area contributed by atoms with E-state index in [0.29, 0.717) is 32.9 Å². The quantitative estimate of drug-likeness (QED) is 0.342. The molecule has 0 spiro atoms. The molecular weight excluding hydrogens is 460 g/mol. The number of thiophene rings is 1. The molecule has 0 aliphatic rings. The fourth-order valence-corrected chi connectivity index (χ4v) is 4.06. The molecule has 1 N–H and O–H groups in total. The Morgan fingerprint density at radius 3 is 2.74 bits per heavy atom. The molecule has 5 nitrogen and oxygen atoms in total. The van der Waals surface area contributed by atoms with Crippen LogP contribution in [0.2, 0.25) is 10.0 Å². The minimum absolute atomic E-state index is 0.234. The summed E-state index contributed by atoms with van der Waals surface area (Å²) in [5.74, 6) is 0.00957. The highest BCUT2D eigenvalue weighted by atomic mass is 35.5. The summed E-state index contributed by atoms with van der Waals surface area (Å²) in [5.41, 5.74) is 2.30. The first-order valence-electron chi connectivity index (χ1n) is 9.20. The molecule has 2 aromatic carbocycles. The van der Waals surface area contributed by atoms with Crippen molar-refractivity contribution in [1.29, 1.82) is 0 Å². The minimum atomic E-state index is -0.318. The number of carbonyl (C=O) groups is 1. The zero-order valence-corrected chi connectivity index (χ0v) is 18.3. The van der Waals surface area contributed by atoms with Crippen molar-refractivity contribution in [2.24, 2.45) is 0 Å². The Balaban J connectivity index is 1.34. The third-order valence-electron chi connectivity index (χ3n) is 4.34. The van der Waals surface area contributed by atoms with Crippen LogP contribution in [0.25, 0.3) is 0 Å². The lowest BCUT2D eigenvalue weighted by Gasteiger charge is -2.05. The van der Waals surface area contributed by atoms with E-state index in [0.717, 1.165) is 11.1 Å². The van der Waals surface area contributed by atoms with Gasteiger partial charge in [-0.3, -0.25) is 9.48 Å². The summed E-state index contributed by atoms with van der Waals surface area (Å²) in [6.07, 6.45) is 3.31. The van der Waals surface area contributed by atoms with E-state index in [1.54, 1.807) is 47.4 Å².